The number of carbonyl (C=O) groups excluding carboxylic acids is 1. The molecule has 3 rings (SSSR count). The van der Waals surface area contributed by atoms with Crippen molar-refractivity contribution in [3.8, 4) is 5.75 Å². The lowest BCUT2D eigenvalue weighted by Gasteiger charge is -2.13. The fourth-order valence-electron chi connectivity index (χ4n) is 2.71. The summed E-state index contributed by atoms with van der Waals surface area (Å²) in [6.45, 7) is 0. The van der Waals surface area contributed by atoms with Gasteiger partial charge in [-0.05, 0) is 18.6 Å². The summed E-state index contributed by atoms with van der Waals surface area (Å²) >= 11 is 6.04. The van der Waals surface area contributed by atoms with Gasteiger partial charge in [0.05, 0.1) is 19.4 Å². The molecule has 0 saturated carbocycles. The van der Waals surface area contributed by atoms with Gasteiger partial charge >= 0.3 is 0 Å². The first-order chi connectivity index (χ1) is 12.2. The fraction of sp³-hybridized carbons (Fsp3) is 0.222. The number of hydrazine groups is 1. The monoisotopic (exact) mass is 358 g/mol. The third-order valence-corrected chi connectivity index (χ3v) is 4.36. The topological polar surface area (TPSA) is 74.8 Å². The van der Waals surface area contributed by atoms with Gasteiger partial charge in [-0.3, -0.25) is 4.79 Å². The van der Waals surface area contributed by atoms with E-state index in [1.165, 1.54) is 6.21 Å². The Kier molecular flexibility index (Phi) is 5.65. The van der Waals surface area contributed by atoms with E-state index in [1.807, 2.05) is 42.5 Å². The molecule has 3 N–H and O–H groups in total. The van der Waals surface area contributed by atoms with Crippen LogP contribution < -0.4 is 21.0 Å². The van der Waals surface area contributed by atoms with Crippen molar-refractivity contribution in [3.05, 3.63) is 64.7 Å². The Labute approximate surface area is 151 Å². The molecule has 1 fully saturated rings. The van der Waals surface area contributed by atoms with Crippen molar-refractivity contribution in [2.75, 3.05) is 7.11 Å². The molecule has 130 valence electrons. The first-order valence-electron chi connectivity index (χ1n) is 7.90. The lowest BCUT2D eigenvalue weighted by molar-refractivity contribution is -0.122. The van der Waals surface area contributed by atoms with E-state index in [4.69, 9.17) is 16.3 Å². The maximum atomic E-state index is 12.3. The number of hydrogen-bond donors (Lipinski definition) is 3. The Hall–Kier alpha value is -2.41. The van der Waals surface area contributed by atoms with Gasteiger partial charge in [-0.25, -0.2) is 16.3 Å². The quantitative estimate of drug-likeness (QED) is 0.567. The molecule has 2 unspecified atom stereocenters. The molecule has 7 heteroatoms. The van der Waals surface area contributed by atoms with Crippen LogP contribution in [0.3, 0.4) is 0 Å². The highest BCUT2D eigenvalue weighted by molar-refractivity contribution is 6.33. The van der Waals surface area contributed by atoms with Crippen LogP contribution in [0.2, 0.25) is 5.02 Å². The van der Waals surface area contributed by atoms with E-state index in [9.17, 15) is 4.79 Å². The first kappa shape index (κ1) is 17.4. The number of ether oxygens (including phenoxy) is 1. The van der Waals surface area contributed by atoms with Gasteiger partial charge < -0.3 is 4.74 Å². The Balaban J connectivity index is 1.58. The molecular formula is C18H19ClN4O2. The fourth-order valence-corrected chi connectivity index (χ4v) is 2.89. The number of nitrogens with one attached hydrogen (secondary N) is 3. The van der Waals surface area contributed by atoms with Crippen molar-refractivity contribution in [2.24, 2.45) is 5.10 Å². The standard InChI is InChI=1S/C18H19ClN4O2/c1-25-17-9-5-3-7-13(17)15-10-16(22-21-15)18(24)23-20-11-12-6-2-4-8-14(12)19/h2-9,11,15-16,21-22H,10H2,1H3,(H,23,24)/b20-11+. The molecule has 0 aromatic heterocycles. The van der Waals surface area contributed by atoms with Crippen LogP contribution in [0.1, 0.15) is 23.6 Å². The van der Waals surface area contributed by atoms with E-state index in [1.54, 1.807) is 13.2 Å². The molecule has 2 atom stereocenters. The summed E-state index contributed by atoms with van der Waals surface area (Å²) in [5.41, 5.74) is 10.4. The average molecular weight is 359 g/mol. The van der Waals surface area contributed by atoms with Gasteiger partial charge in [0.15, 0.2) is 0 Å². The third-order valence-electron chi connectivity index (χ3n) is 4.02. The molecule has 1 amide bonds. The van der Waals surface area contributed by atoms with Crippen LogP contribution in [0.5, 0.6) is 5.75 Å². The number of benzene rings is 2. The molecule has 1 aliphatic heterocycles. The molecule has 6 nitrogen and oxygen atoms in total. The molecule has 1 aliphatic rings. The number of hydrogen-bond acceptors (Lipinski definition) is 5. The highest BCUT2D eigenvalue weighted by Gasteiger charge is 2.31. The van der Waals surface area contributed by atoms with Crippen LogP contribution in [-0.2, 0) is 4.79 Å². The zero-order chi connectivity index (χ0) is 17.6. The highest BCUT2D eigenvalue weighted by atomic mass is 35.5. The summed E-state index contributed by atoms with van der Waals surface area (Å²) in [6, 6.07) is 14.6. The zero-order valence-electron chi connectivity index (χ0n) is 13.7. The molecule has 0 bridgehead atoms. The van der Waals surface area contributed by atoms with Crippen molar-refractivity contribution in [3.63, 3.8) is 0 Å². The van der Waals surface area contributed by atoms with Crippen molar-refractivity contribution < 1.29 is 9.53 Å². The smallest absolute Gasteiger partial charge is 0.258 e. The van der Waals surface area contributed by atoms with Crippen LogP contribution in [0.15, 0.2) is 53.6 Å². The van der Waals surface area contributed by atoms with Crippen LogP contribution in [0, 0.1) is 0 Å². The summed E-state index contributed by atoms with van der Waals surface area (Å²) in [5, 5.41) is 4.56. The van der Waals surface area contributed by atoms with Crippen molar-refractivity contribution >= 4 is 23.7 Å². The largest absolute Gasteiger partial charge is 0.496 e. The van der Waals surface area contributed by atoms with Gasteiger partial charge in [0.2, 0.25) is 0 Å². The maximum absolute atomic E-state index is 12.3. The molecule has 1 heterocycles. The summed E-state index contributed by atoms with van der Waals surface area (Å²) in [6.07, 6.45) is 2.12. The predicted molar refractivity (Wildman–Crippen MR) is 97.6 cm³/mol. The Morgan fingerprint density at radius 3 is 2.80 bits per heavy atom. The Morgan fingerprint density at radius 2 is 2.00 bits per heavy atom. The summed E-state index contributed by atoms with van der Waals surface area (Å²) < 4.78 is 5.37. The second kappa shape index (κ2) is 8.11. The van der Waals surface area contributed by atoms with Crippen molar-refractivity contribution in [1.29, 1.82) is 0 Å². The van der Waals surface area contributed by atoms with E-state index in [-0.39, 0.29) is 11.9 Å². The van der Waals surface area contributed by atoms with E-state index in [0.29, 0.717) is 11.4 Å². The van der Waals surface area contributed by atoms with Crippen molar-refractivity contribution in [1.82, 2.24) is 16.3 Å². The average Bonchev–Trinajstić information content (AvgIpc) is 3.13. The van der Waals surface area contributed by atoms with Crippen LogP contribution in [-0.4, -0.2) is 25.3 Å². The molecule has 2 aromatic carbocycles. The molecular weight excluding hydrogens is 340 g/mol. The van der Waals surface area contributed by atoms with E-state index >= 15 is 0 Å². The second-order valence-corrected chi connectivity index (χ2v) is 6.03. The number of hydrazone groups is 1. The lowest BCUT2D eigenvalue weighted by atomic mass is 10.0. The molecule has 0 radical (unpaired) electrons. The molecule has 0 spiro atoms. The van der Waals surface area contributed by atoms with Crippen LogP contribution in [0.25, 0.3) is 0 Å². The SMILES string of the molecule is COc1ccccc1C1CC(C(=O)N/N=C/c2ccccc2Cl)NN1. The third kappa shape index (κ3) is 4.17. The van der Waals surface area contributed by atoms with E-state index < -0.39 is 6.04 Å². The zero-order valence-corrected chi connectivity index (χ0v) is 14.5. The maximum Gasteiger partial charge on any atom is 0.258 e. The van der Waals surface area contributed by atoms with Crippen LogP contribution in [0.4, 0.5) is 0 Å². The minimum Gasteiger partial charge on any atom is -0.496 e. The Morgan fingerprint density at radius 1 is 1.24 bits per heavy atom. The van der Waals surface area contributed by atoms with E-state index in [0.717, 1.165) is 16.9 Å². The molecule has 25 heavy (non-hydrogen) atoms. The number of amides is 1. The number of rotatable bonds is 5. The number of para-hydroxylation sites is 1. The molecule has 1 saturated heterocycles. The van der Waals surface area contributed by atoms with Gasteiger partial charge in [-0.15, -0.1) is 0 Å². The minimum atomic E-state index is -0.390. The van der Waals surface area contributed by atoms with Gasteiger partial charge in [0.1, 0.15) is 11.8 Å². The van der Waals surface area contributed by atoms with Crippen molar-refractivity contribution in [2.45, 2.75) is 18.5 Å². The van der Waals surface area contributed by atoms with Gasteiger partial charge in [-0.2, -0.15) is 5.10 Å². The number of methoxy groups -OCH3 is 1. The molecule has 2 aromatic rings. The van der Waals surface area contributed by atoms with E-state index in [2.05, 4.69) is 21.4 Å². The lowest BCUT2D eigenvalue weighted by Crippen LogP contribution is -2.41. The molecule has 0 aliphatic carbocycles. The number of nitrogens with zero attached hydrogens (tertiary/aromatic N) is 1. The van der Waals surface area contributed by atoms with Gasteiger partial charge in [-0.1, -0.05) is 48.0 Å². The van der Waals surface area contributed by atoms with Gasteiger partial charge in [0.25, 0.3) is 5.91 Å². The Bertz CT molecular complexity index is 781. The number of carbonyl (C=O) groups is 1. The highest BCUT2D eigenvalue weighted by Crippen LogP contribution is 2.29. The normalized spacial score (nSPS) is 19.9. The summed E-state index contributed by atoms with van der Waals surface area (Å²) in [4.78, 5) is 12.3. The number of halogens is 1. The second-order valence-electron chi connectivity index (χ2n) is 5.63. The minimum absolute atomic E-state index is 0.0144. The first-order valence-corrected chi connectivity index (χ1v) is 8.28. The van der Waals surface area contributed by atoms with Gasteiger partial charge in [0, 0.05) is 16.1 Å². The summed E-state index contributed by atoms with van der Waals surface area (Å²) in [7, 11) is 1.63. The van der Waals surface area contributed by atoms with Crippen LogP contribution >= 0.6 is 11.6 Å². The predicted octanol–water partition coefficient (Wildman–Crippen LogP) is 2.41. The summed E-state index contributed by atoms with van der Waals surface area (Å²) in [5.74, 6) is 0.577.